The number of nitrogens with one attached hydrogen (secondary N) is 1. The molecule has 4 rings (SSSR count). The van der Waals surface area contributed by atoms with Gasteiger partial charge in [-0.1, -0.05) is 48.9 Å². The highest BCUT2D eigenvalue weighted by atomic mass is 35.5. The molecule has 184 valence electrons. The van der Waals surface area contributed by atoms with Gasteiger partial charge in [-0.25, -0.2) is 8.78 Å². The molecule has 6 nitrogen and oxygen atoms in total. The summed E-state index contributed by atoms with van der Waals surface area (Å²) in [7, 11) is 0. The fourth-order valence-corrected chi connectivity index (χ4v) is 4.58. The first-order valence-corrected chi connectivity index (χ1v) is 11.7. The van der Waals surface area contributed by atoms with E-state index in [0.29, 0.717) is 10.6 Å². The van der Waals surface area contributed by atoms with Crippen LogP contribution < -0.4 is 5.32 Å². The summed E-state index contributed by atoms with van der Waals surface area (Å²) >= 11 is 6.04. The first kappa shape index (κ1) is 25.3. The highest BCUT2D eigenvalue weighted by Gasteiger charge is 2.56. The van der Waals surface area contributed by atoms with E-state index in [9.17, 15) is 23.6 Å². The van der Waals surface area contributed by atoms with Crippen LogP contribution in [-0.4, -0.2) is 46.2 Å². The Kier molecular flexibility index (Phi) is 7.04. The number of amides is 2. The molecule has 1 saturated heterocycles. The van der Waals surface area contributed by atoms with Gasteiger partial charge in [0.2, 0.25) is 5.91 Å². The third-order valence-electron chi connectivity index (χ3n) is 6.33. The van der Waals surface area contributed by atoms with Crippen molar-refractivity contribution >= 4 is 46.3 Å². The van der Waals surface area contributed by atoms with E-state index in [1.165, 1.54) is 18.5 Å². The minimum absolute atomic E-state index is 0.0693. The lowest BCUT2D eigenvalue weighted by Crippen LogP contribution is -2.49. The van der Waals surface area contributed by atoms with Gasteiger partial charge in [-0.05, 0) is 47.0 Å². The number of rotatable bonds is 6. The Morgan fingerprint density at radius 3 is 2.69 bits per heavy atom. The molecule has 2 amide bonds. The maximum Gasteiger partial charge on any atom is 0.268 e. The molecule has 0 radical (unpaired) electrons. The fourth-order valence-electron chi connectivity index (χ4n) is 4.40. The van der Waals surface area contributed by atoms with Gasteiger partial charge in [0.05, 0.1) is 19.2 Å². The second-order valence-electron chi connectivity index (χ2n) is 8.74. The van der Waals surface area contributed by atoms with E-state index < -0.39 is 42.8 Å². The van der Waals surface area contributed by atoms with Crippen molar-refractivity contribution < 1.29 is 18.4 Å². The molecular formula is C27H23ClF2N4O2. The molecule has 3 aromatic rings. The molecule has 1 aliphatic heterocycles. The van der Waals surface area contributed by atoms with E-state index in [0.717, 1.165) is 21.2 Å². The zero-order valence-electron chi connectivity index (χ0n) is 19.5. The number of aromatic nitrogens is 1. The predicted octanol–water partition coefficient (Wildman–Crippen LogP) is 5.33. The Morgan fingerprint density at radius 1 is 1.19 bits per heavy atom. The van der Waals surface area contributed by atoms with Gasteiger partial charge in [0.25, 0.3) is 11.8 Å². The first-order valence-electron chi connectivity index (χ1n) is 11.4. The third-order valence-corrected chi connectivity index (χ3v) is 6.56. The first-order chi connectivity index (χ1) is 17.2. The Morgan fingerprint density at radius 2 is 1.94 bits per heavy atom. The molecule has 2 heterocycles. The molecule has 9 heteroatoms. The van der Waals surface area contributed by atoms with Crippen molar-refractivity contribution in [3.05, 3.63) is 76.6 Å². The number of hydrogen-bond acceptors (Lipinski definition) is 4. The Labute approximate surface area is 212 Å². The fraction of sp³-hybridized carbons (Fsp3) is 0.259. The second-order valence-corrected chi connectivity index (χ2v) is 9.18. The van der Waals surface area contributed by atoms with Crippen LogP contribution in [-0.2, 0) is 4.79 Å². The summed E-state index contributed by atoms with van der Waals surface area (Å²) < 4.78 is 28.0. The number of alkyl halides is 2. The molecular weight excluding hydrogens is 486 g/mol. The van der Waals surface area contributed by atoms with E-state index in [1.807, 2.05) is 48.5 Å². The number of likely N-dealkylation sites (tertiary alicyclic amines) is 1. The Balaban J connectivity index is 1.48. The number of hydrogen-bond donors (Lipinski definition) is 1. The van der Waals surface area contributed by atoms with Crippen LogP contribution in [0, 0.1) is 11.3 Å². The molecule has 1 aliphatic rings. The van der Waals surface area contributed by atoms with Gasteiger partial charge >= 0.3 is 0 Å². The van der Waals surface area contributed by atoms with Crippen LogP contribution in [0.1, 0.15) is 41.3 Å². The van der Waals surface area contributed by atoms with Crippen molar-refractivity contribution in [3.8, 4) is 6.07 Å². The second kappa shape index (κ2) is 10.0. The van der Waals surface area contributed by atoms with Gasteiger partial charge in [-0.2, -0.15) is 5.26 Å². The molecule has 0 saturated carbocycles. The zero-order valence-corrected chi connectivity index (χ0v) is 20.2. The van der Waals surface area contributed by atoms with Crippen LogP contribution in [0.2, 0.25) is 5.02 Å². The highest BCUT2D eigenvalue weighted by molar-refractivity contribution is 6.31. The van der Waals surface area contributed by atoms with Crippen LogP contribution in [0.4, 0.5) is 8.78 Å². The molecule has 1 fully saturated rings. The monoisotopic (exact) mass is 508 g/mol. The topological polar surface area (TPSA) is 86.1 Å². The molecule has 0 spiro atoms. The maximum atomic E-state index is 14.0. The minimum Gasteiger partial charge on any atom is -0.343 e. The van der Waals surface area contributed by atoms with Crippen LogP contribution in [0.25, 0.3) is 22.9 Å². The van der Waals surface area contributed by atoms with Crippen LogP contribution in [0.3, 0.4) is 0 Å². The van der Waals surface area contributed by atoms with Crippen molar-refractivity contribution in [3.63, 3.8) is 0 Å². The van der Waals surface area contributed by atoms with Crippen molar-refractivity contribution in [2.45, 2.75) is 31.2 Å². The number of nitrogens with zero attached hydrogens (tertiary/aromatic N) is 3. The smallest absolute Gasteiger partial charge is 0.268 e. The van der Waals surface area contributed by atoms with Crippen molar-refractivity contribution in [2.24, 2.45) is 0 Å². The highest BCUT2D eigenvalue weighted by Crippen LogP contribution is 2.41. The van der Waals surface area contributed by atoms with E-state index in [4.69, 9.17) is 11.6 Å². The summed E-state index contributed by atoms with van der Waals surface area (Å²) in [5, 5.41) is 14.7. The summed E-state index contributed by atoms with van der Waals surface area (Å²) in [5.74, 6) is -4.43. The SMILES string of the molecule is CCC1(C#N)CC(F)(F)CN1C(=O)CNC(=O)c1ccncc1/C=C/c1ccc2cc(Cl)ccc2c1. The molecule has 1 atom stereocenters. The van der Waals surface area contributed by atoms with Gasteiger partial charge in [0, 0.05) is 35.0 Å². The summed E-state index contributed by atoms with van der Waals surface area (Å²) in [5.41, 5.74) is 0.112. The lowest BCUT2D eigenvalue weighted by Gasteiger charge is -2.30. The molecule has 0 aliphatic carbocycles. The third kappa shape index (κ3) is 5.21. The van der Waals surface area contributed by atoms with Gasteiger partial charge in [-0.3, -0.25) is 14.6 Å². The molecule has 36 heavy (non-hydrogen) atoms. The standard InChI is InChI=1S/C27H23ClF2N4O2/c1-2-26(16-31)15-27(29,30)17-34(26)24(35)14-33-25(36)23-9-10-32-13-21(23)6-4-18-3-5-20-12-22(28)8-7-19(20)11-18/h3-13H,2,14-15,17H2,1H3,(H,33,36)/b6-4+. The Hall–Kier alpha value is -3.83. The normalized spacial score (nSPS) is 18.9. The number of nitriles is 1. The molecule has 1 aromatic heterocycles. The van der Waals surface area contributed by atoms with E-state index in [-0.39, 0.29) is 12.0 Å². The van der Waals surface area contributed by atoms with Gasteiger partial charge in [-0.15, -0.1) is 0 Å². The number of carbonyl (C=O) groups is 2. The minimum atomic E-state index is -3.15. The lowest BCUT2D eigenvalue weighted by molar-refractivity contribution is -0.133. The average Bonchev–Trinajstić information content (AvgIpc) is 3.17. The largest absolute Gasteiger partial charge is 0.343 e. The van der Waals surface area contributed by atoms with Crippen molar-refractivity contribution in [2.75, 3.05) is 13.1 Å². The van der Waals surface area contributed by atoms with E-state index >= 15 is 0 Å². The molecule has 2 aromatic carbocycles. The predicted molar refractivity (Wildman–Crippen MR) is 134 cm³/mol. The average molecular weight is 509 g/mol. The summed E-state index contributed by atoms with van der Waals surface area (Å²) in [6, 6.07) is 14.8. The lowest BCUT2D eigenvalue weighted by atomic mass is 9.94. The number of pyridine rings is 1. The van der Waals surface area contributed by atoms with E-state index in [2.05, 4.69) is 10.3 Å². The number of benzene rings is 2. The quantitative estimate of drug-likeness (QED) is 0.487. The summed E-state index contributed by atoms with van der Waals surface area (Å²) in [6.45, 7) is 0.241. The molecule has 1 N–H and O–H groups in total. The van der Waals surface area contributed by atoms with Crippen molar-refractivity contribution in [1.82, 2.24) is 15.2 Å². The molecule has 1 unspecified atom stereocenters. The van der Waals surface area contributed by atoms with Crippen LogP contribution >= 0.6 is 11.6 Å². The number of fused-ring (bicyclic) bond motifs is 1. The number of carbonyl (C=O) groups excluding carboxylic acids is 2. The van der Waals surface area contributed by atoms with Crippen molar-refractivity contribution in [1.29, 1.82) is 5.26 Å². The summed E-state index contributed by atoms with van der Waals surface area (Å²) in [6.07, 6.45) is 5.90. The number of halogens is 3. The van der Waals surface area contributed by atoms with Gasteiger partial charge in [0.1, 0.15) is 5.54 Å². The van der Waals surface area contributed by atoms with Crippen LogP contribution in [0.15, 0.2) is 54.9 Å². The van der Waals surface area contributed by atoms with Crippen LogP contribution in [0.5, 0.6) is 0 Å². The zero-order chi connectivity index (χ0) is 25.9. The van der Waals surface area contributed by atoms with E-state index in [1.54, 1.807) is 13.0 Å². The van der Waals surface area contributed by atoms with Gasteiger partial charge in [0.15, 0.2) is 0 Å². The van der Waals surface area contributed by atoms with Gasteiger partial charge < -0.3 is 10.2 Å². The Bertz CT molecular complexity index is 1400. The summed E-state index contributed by atoms with van der Waals surface area (Å²) in [4.78, 5) is 30.5. The molecule has 0 bridgehead atoms. The maximum absolute atomic E-state index is 14.0.